The Hall–Kier alpha value is -0.340. The first kappa shape index (κ1) is 10.2. The molecule has 78 valence electrons. The van der Waals surface area contributed by atoms with Crippen LogP contribution in [0.15, 0.2) is 6.07 Å². The van der Waals surface area contributed by atoms with Crippen LogP contribution in [-0.4, -0.2) is 6.04 Å². The maximum Gasteiger partial charge on any atom is 0.00845 e. The van der Waals surface area contributed by atoms with E-state index in [1.807, 2.05) is 11.3 Å². The van der Waals surface area contributed by atoms with E-state index in [-0.39, 0.29) is 0 Å². The van der Waals surface area contributed by atoms with Crippen molar-refractivity contribution in [1.29, 1.82) is 0 Å². The Kier molecular flexibility index (Phi) is 3.24. The molecule has 1 nitrogen and oxygen atoms in total. The Morgan fingerprint density at radius 2 is 2.21 bits per heavy atom. The van der Waals surface area contributed by atoms with Crippen LogP contribution in [0.5, 0.6) is 0 Å². The minimum Gasteiger partial charge on any atom is -0.327 e. The van der Waals surface area contributed by atoms with E-state index in [1.54, 1.807) is 10.4 Å². The van der Waals surface area contributed by atoms with Gasteiger partial charge in [0.05, 0.1) is 0 Å². The summed E-state index contributed by atoms with van der Waals surface area (Å²) in [6.07, 6.45) is 7.53. The van der Waals surface area contributed by atoms with Gasteiger partial charge in [-0.15, -0.1) is 11.3 Å². The smallest absolute Gasteiger partial charge is 0.00845 e. The number of aryl methyl sites for hydroxylation is 2. The number of thiophene rings is 1. The fraction of sp³-hybridized carbons (Fsp3) is 0.667. The van der Waals surface area contributed by atoms with E-state index in [0.717, 1.165) is 12.8 Å². The van der Waals surface area contributed by atoms with Crippen molar-refractivity contribution in [3.05, 3.63) is 21.4 Å². The quantitative estimate of drug-likeness (QED) is 0.814. The Labute approximate surface area is 90.3 Å². The zero-order valence-corrected chi connectivity index (χ0v) is 9.70. The summed E-state index contributed by atoms with van der Waals surface area (Å²) in [5.74, 6) is 0. The molecule has 0 spiro atoms. The summed E-state index contributed by atoms with van der Waals surface area (Å²) in [4.78, 5) is 3.14. The molecule has 0 saturated heterocycles. The van der Waals surface area contributed by atoms with Gasteiger partial charge >= 0.3 is 0 Å². The summed E-state index contributed by atoms with van der Waals surface area (Å²) in [6.45, 7) is 2.16. The SMILES string of the molecule is CCC(N)Cc1cc2c(s1)CCCC2. The van der Waals surface area contributed by atoms with Gasteiger partial charge in [0, 0.05) is 15.8 Å². The minimum atomic E-state index is 0.357. The molecule has 1 aliphatic carbocycles. The van der Waals surface area contributed by atoms with Crippen molar-refractivity contribution in [2.45, 2.75) is 51.5 Å². The fourth-order valence-electron chi connectivity index (χ4n) is 2.06. The third-order valence-electron chi connectivity index (χ3n) is 3.04. The molecule has 0 bridgehead atoms. The van der Waals surface area contributed by atoms with Crippen molar-refractivity contribution >= 4 is 11.3 Å². The maximum absolute atomic E-state index is 5.97. The van der Waals surface area contributed by atoms with Crippen molar-refractivity contribution in [2.75, 3.05) is 0 Å². The lowest BCUT2D eigenvalue weighted by Crippen LogP contribution is -2.20. The highest BCUT2D eigenvalue weighted by Gasteiger charge is 2.14. The maximum atomic E-state index is 5.97. The third-order valence-corrected chi connectivity index (χ3v) is 4.29. The van der Waals surface area contributed by atoms with Gasteiger partial charge in [-0.25, -0.2) is 0 Å². The van der Waals surface area contributed by atoms with Crippen LogP contribution in [0.2, 0.25) is 0 Å². The Balaban J connectivity index is 2.08. The summed E-state index contributed by atoms with van der Waals surface area (Å²) in [5, 5.41) is 0. The molecule has 0 amide bonds. The molecule has 1 heterocycles. The lowest BCUT2D eigenvalue weighted by atomic mass is 9.99. The van der Waals surface area contributed by atoms with E-state index < -0.39 is 0 Å². The first-order valence-corrected chi connectivity index (χ1v) is 6.47. The molecule has 2 rings (SSSR count). The lowest BCUT2D eigenvalue weighted by molar-refractivity contribution is 0.651. The zero-order chi connectivity index (χ0) is 9.97. The molecule has 1 aromatic rings. The van der Waals surface area contributed by atoms with Gasteiger partial charge in [-0.05, 0) is 50.2 Å². The largest absolute Gasteiger partial charge is 0.327 e. The minimum absolute atomic E-state index is 0.357. The number of rotatable bonds is 3. The first-order chi connectivity index (χ1) is 6.79. The van der Waals surface area contributed by atoms with Gasteiger partial charge < -0.3 is 5.73 Å². The van der Waals surface area contributed by atoms with Crippen LogP contribution in [-0.2, 0) is 19.3 Å². The molecule has 1 unspecified atom stereocenters. The highest BCUT2D eigenvalue weighted by molar-refractivity contribution is 7.12. The van der Waals surface area contributed by atoms with Crippen LogP contribution in [0, 0.1) is 0 Å². The normalized spacial score (nSPS) is 17.9. The molecule has 0 saturated carbocycles. The van der Waals surface area contributed by atoms with Crippen LogP contribution in [0.1, 0.15) is 41.5 Å². The van der Waals surface area contributed by atoms with Gasteiger partial charge in [-0.3, -0.25) is 0 Å². The lowest BCUT2D eigenvalue weighted by Gasteiger charge is -2.08. The van der Waals surface area contributed by atoms with Gasteiger partial charge in [0.2, 0.25) is 0 Å². The summed E-state index contributed by atoms with van der Waals surface area (Å²) in [7, 11) is 0. The van der Waals surface area contributed by atoms with Crippen molar-refractivity contribution in [3.63, 3.8) is 0 Å². The second kappa shape index (κ2) is 4.45. The monoisotopic (exact) mass is 209 g/mol. The van der Waals surface area contributed by atoms with Crippen molar-refractivity contribution < 1.29 is 0 Å². The molecule has 14 heavy (non-hydrogen) atoms. The highest BCUT2D eigenvalue weighted by atomic mass is 32.1. The molecule has 0 fully saturated rings. The van der Waals surface area contributed by atoms with E-state index in [4.69, 9.17) is 5.73 Å². The van der Waals surface area contributed by atoms with Crippen LogP contribution in [0.4, 0.5) is 0 Å². The Morgan fingerprint density at radius 3 is 2.93 bits per heavy atom. The van der Waals surface area contributed by atoms with E-state index in [2.05, 4.69) is 13.0 Å². The molecule has 0 aliphatic heterocycles. The van der Waals surface area contributed by atoms with Crippen molar-refractivity contribution in [3.8, 4) is 0 Å². The summed E-state index contributed by atoms with van der Waals surface area (Å²) >= 11 is 2.00. The third kappa shape index (κ3) is 2.18. The molecule has 2 N–H and O–H groups in total. The molecule has 0 radical (unpaired) electrons. The zero-order valence-electron chi connectivity index (χ0n) is 8.88. The molecular weight excluding hydrogens is 190 g/mol. The van der Waals surface area contributed by atoms with E-state index in [1.165, 1.54) is 30.6 Å². The molecule has 2 heteroatoms. The van der Waals surface area contributed by atoms with Crippen LogP contribution < -0.4 is 5.73 Å². The Bertz CT molecular complexity index is 280. The van der Waals surface area contributed by atoms with E-state index in [9.17, 15) is 0 Å². The standard InChI is InChI=1S/C12H19NS/c1-2-10(13)8-11-7-9-5-3-4-6-12(9)14-11/h7,10H,2-6,8,13H2,1H3. The van der Waals surface area contributed by atoms with Crippen LogP contribution >= 0.6 is 11.3 Å². The van der Waals surface area contributed by atoms with Crippen LogP contribution in [0.3, 0.4) is 0 Å². The molecular formula is C12H19NS. The fourth-order valence-corrected chi connectivity index (χ4v) is 3.41. The van der Waals surface area contributed by atoms with E-state index >= 15 is 0 Å². The second-order valence-electron chi connectivity index (χ2n) is 4.24. The second-order valence-corrected chi connectivity index (χ2v) is 5.46. The van der Waals surface area contributed by atoms with Gasteiger partial charge in [0.25, 0.3) is 0 Å². The molecule has 0 aromatic carbocycles. The molecule has 1 aromatic heterocycles. The Morgan fingerprint density at radius 1 is 1.43 bits per heavy atom. The first-order valence-electron chi connectivity index (χ1n) is 5.65. The predicted octanol–water partition coefficient (Wildman–Crippen LogP) is 2.91. The molecule has 1 aliphatic rings. The number of fused-ring (bicyclic) bond motifs is 1. The number of hydrogen-bond acceptors (Lipinski definition) is 2. The van der Waals surface area contributed by atoms with Crippen molar-refractivity contribution in [2.24, 2.45) is 5.73 Å². The average molecular weight is 209 g/mol. The summed E-state index contributed by atoms with van der Waals surface area (Å²) < 4.78 is 0. The predicted molar refractivity (Wildman–Crippen MR) is 62.9 cm³/mol. The summed E-state index contributed by atoms with van der Waals surface area (Å²) in [5.41, 5.74) is 7.58. The van der Waals surface area contributed by atoms with Gasteiger partial charge in [0.1, 0.15) is 0 Å². The van der Waals surface area contributed by atoms with Crippen LogP contribution in [0.25, 0.3) is 0 Å². The van der Waals surface area contributed by atoms with E-state index in [0.29, 0.717) is 6.04 Å². The molecule has 1 atom stereocenters. The topological polar surface area (TPSA) is 26.0 Å². The average Bonchev–Trinajstić information content (AvgIpc) is 2.59. The van der Waals surface area contributed by atoms with Gasteiger partial charge in [-0.2, -0.15) is 0 Å². The number of nitrogens with two attached hydrogens (primary N) is 1. The van der Waals surface area contributed by atoms with Gasteiger partial charge in [0.15, 0.2) is 0 Å². The highest BCUT2D eigenvalue weighted by Crippen LogP contribution is 2.30. The summed E-state index contributed by atoms with van der Waals surface area (Å²) in [6, 6.07) is 2.75. The van der Waals surface area contributed by atoms with Gasteiger partial charge in [-0.1, -0.05) is 6.92 Å². The van der Waals surface area contributed by atoms with Crippen molar-refractivity contribution in [1.82, 2.24) is 0 Å². The number of hydrogen-bond donors (Lipinski definition) is 1.